The van der Waals surface area contributed by atoms with Crippen LogP contribution in [0.5, 0.6) is 0 Å². The van der Waals surface area contributed by atoms with E-state index in [2.05, 4.69) is 5.32 Å². The number of aliphatic hydroxyl groups excluding tert-OH is 1. The van der Waals surface area contributed by atoms with Crippen LogP contribution in [0, 0.1) is 0 Å². The fraction of sp³-hybridized carbons (Fsp3) is 0.440. The zero-order chi connectivity index (χ0) is 21.2. The van der Waals surface area contributed by atoms with Gasteiger partial charge in [-0.2, -0.15) is 0 Å². The highest BCUT2D eigenvalue weighted by Crippen LogP contribution is 2.08. The molecule has 1 amide bonds. The Kier molecular flexibility index (Phi) is 14.0. The van der Waals surface area contributed by atoms with Crippen LogP contribution in [0.25, 0.3) is 0 Å². The molecule has 0 unspecified atom stereocenters. The number of carbonyl (C=O) groups is 2. The number of allylic oxidation sites excluding steroid dienone is 5. The molecule has 0 fully saturated rings. The van der Waals surface area contributed by atoms with Crippen LogP contribution in [-0.2, 0) is 16.1 Å². The highest BCUT2D eigenvalue weighted by atomic mass is 16.3. The summed E-state index contributed by atoms with van der Waals surface area (Å²) in [6, 6.07) is 9.91. The summed E-state index contributed by atoms with van der Waals surface area (Å²) in [5.74, 6) is 0.230. The summed E-state index contributed by atoms with van der Waals surface area (Å²) in [5, 5.41) is 12.3. The Morgan fingerprint density at radius 2 is 1.59 bits per heavy atom. The number of carbonyl (C=O) groups excluding carboxylic acids is 2. The van der Waals surface area contributed by atoms with Crippen molar-refractivity contribution in [1.82, 2.24) is 5.32 Å². The Morgan fingerprint density at radius 1 is 0.931 bits per heavy atom. The number of rotatable bonds is 15. The van der Waals surface area contributed by atoms with Crippen molar-refractivity contribution in [2.75, 3.05) is 0 Å². The van der Waals surface area contributed by atoms with Crippen molar-refractivity contribution in [2.45, 2.75) is 70.9 Å². The molecule has 0 saturated heterocycles. The number of benzene rings is 1. The van der Waals surface area contributed by atoms with Crippen molar-refractivity contribution >= 4 is 11.7 Å². The quantitative estimate of drug-likeness (QED) is 0.247. The van der Waals surface area contributed by atoms with E-state index in [9.17, 15) is 14.7 Å². The van der Waals surface area contributed by atoms with Gasteiger partial charge in [0.2, 0.25) is 5.91 Å². The number of ketones is 1. The summed E-state index contributed by atoms with van der Waals surface area (Å²) in [5.41, 5.74) is 1.11. The van der Waals surface area contributed by atoms with Crippen LogP contribution in [0.3, 0.4) is 0 Å². The molecule has 2 N–H and O–H groups in total. The minimum Gasteiger partial charge on any atom is -0.389 e. The van der Waals surface area contributed by atoms with Gasteiger partial charge in [0, 0.05) is 19.4 Å². The van der Waals surface area contributed by atoms with E-state index in [4.69, 9.17) is 0 Å². The van der Waals surface area contributed by atoms with Crippen LogP contribution in [0.15, 0.2) is 66.8 Å². The molecule has 29 heavy (non-hydrogen) atoms. The predicted molar refractivity (Wildman–Crippen MR) is 119 cm³/mol. The molecule has 4 nitrogen and oxygen atoms in total. The lowest BCUT2D eigenvalue weighted by Gasteiger charge is -2.05. The molecule has 0 aliphatic carbocycles. The highest BCUT2D eigenvalue weighted by molar-refractivity contribution is 5.89. The molecule has 0 saturated carbocycles. The van der Waals surface area contributed by atoms with Crippen LogP contribution < -0.4 is 5.32 Å². The van der Waals surface area contributed by atoms with E-state index >= 15 is 0 Å². The monoisotopic (exact) mass is 397 g/mol. The first-order valence-corrected chi connectivity index (χ1v) is 10.6. The third-order valence-corrected chi connectivity index (χ3v) is 4.53. The predicted octanol–water partition coefficient (Wildman–Crippen LogP) is 5.04. The van der Waals surface area contributed by atoms with Gasteiger partial charge in [-0.3, -0.25) is 9.59 Å². The number of unbranched alkanes of at least 4 members (excludes halogenated alkanes) is 4. The summed E-state index contributed by atoms with van der Waals surface area (Å²) < 4.78 is 0. The summed E-state index contributed by atoms with van der Waals surface area (Å²) in [6.45, 7) is 2.50. The van der Waals surface area contributed by atoms with Gasteiger partial charge in [-0.05, 0) is 30.9 Å². The van der Waals surface area contributed by atoms with E-state index in [-0.39, 0.29) is 11.7 Å². The number of amides is 1. The lowest BCUT2D eigenvalue weighted by molar-refractivity contribution is -0.121. The molecule has 1 aromatic carbocycles. The molecule has 158 valence electrons. The molecule has 4 heteroatoms. The maximum absolute atomic E-state index is 11.8. The lowest BCUT2D eigenvalue weighted by Crippen LogP contribution is -2.22. The van der Waals surface area contributed by atoms with Crippen molar-refractivity contribution < 1.29 is 14.7 Å². The first kappa shape index (κ1) is 24.6. The topological polar surface area (TPSA) is 66.4 Å². The van der Waals surface area contributed by atoms with Gasteiger partial charge < -0.3 is 10.4 Å². The average molecular weight is 398 g/mol. The molecular weight excluding hydrogens is 362 g/mol. The van der Waals surface area contributed by atoms with E-state index in [1.165, 1.54) is 0 Å². The number of hydrogen-bond donors (Lipinski definition) is 2. The summed E-state index contributed by atoms with van der Waals surface area (Å²) >= 11 is 0. The average Bonchev–Trinajstić information content (AvgIpc) is 2.74. The van der Waals surface area contributed by atoms with Crippen molar-refractivity contribution in [2.24, 2.45) is 0 Å². The maximum Gasteiger partial charge on any atom is 0.220 e. The van der Waals surface area contributed by atoms with Crippen molar-refractivity contribution in [3.63, 3.8) is 0 Å². The molecule has 0 radical (unpaired) electrons. The largest absolute Gasteiger partial charge is 0.389 e. The molecule has 0 bridgehead atoms. The van der Waals surface area contributed by atoms with Gasteiger partial charge in [0.1, 0.15) is 0 Å². The Hall–Kier alpha value is -2.46. The van der Waals surface area contributed by atoms with Gasteiger partial charge in [-0.15, -0.1) is 0 Å². The second-order valence-electron chi connectivity index (χ2n) is 7.10. The van der Waals surface area contributed by atoms with E-state index in [0.717, 1.165) is 37.7 Å². The zero-order valence-electron chi connectivity index (χ0n) is 17.6. The van der Waals surface area contributed by atoms with E-state index in [1.54, 1.807) is 36.5 Å². The van der Waals surface area contributed by atoms with Crippen LogP contribution in [0.1, 0.15) is 63.9 Å². The second kappa shape index (κ2) is 16.5. The van der Waals surface area contributed by atoms with Crippen LogP contribution >= 0.6 is 0 Å². The number of aliphatic hydroxyl groups is 1. The van der Waals surface area contributed by atoms with Crippen LogP contribution in [0.4, 0.5) is 0 Å². The van der Waals surface area contributed by atoms with Gasteiger partial charge in [0.15, 0.2) is 5.78 Å². The molecule has 0 aromatic heterocycles. The molecule has 1 aromatic rings. The molecule has 0 aliphatic rings. The Morgan fingerprint density at radius 3 is 2.31 bits per heavy atom. The molecule has 0 heterocycles. The Bertz CT molecular complexity index is 662. The fourth-order valence-corrected chi connectivity index (χ4v) is 2.70. The molecule has 0 aliphatic heterocycles. The normalized spacial score (nSPS) is 12.8. The standard InChI is InChI=1S/C25H35NO3/c1-2-23(27)17-11-6-7-13-19-24(28)18-12-4-3-5-14-20-25(29)26-21-22-15-9-8-10-16-22/h6-11,13,15-17,19,23,27H,2-5,12,14,18,20-21H2,1H3,(H,26,29)/b7-6+,17-11+,19-13+/t23-/m1/s1. The smallest absolute Gasteiger partial charge is 0.220 e. The highest BCUT2D eigenvalue weighted by Gasteiger charge is 2.01. The van der Waals surface area contributed by atoms with Crippen molar-refractivity contribution in [3.8, 4) is 0 Å². The van der Waals surface area contributed by atoms with Crippen molar-refractivity contribution in [3.05, 3.63) is 72.4 Å². The third-order valence-electron chi connectivity index (χ3n) is 4.53. The summed E-state index contributed by atoms with van der Waals surface area (Å²) in [4.78, 5) is 23.6. The number of hydrogen-bond acceptors (Lipinski definition) is 3. The first-order chi connectivity index (χ1) is 14.1. The van der Waals surface area contributed by atoms with Crippen LogP contribution in [0.2, 0.25) is 0 Å². The zero-order valence-corrected chi connectivity index (χ0v) is 17.6. The molecule has 1 atom stereocenters. The lowest BCUT2D eigenvalue weighted by atomic mass is 10.1. The summed E-state index contributed by atoms with van der Waals surface area (Å²) in [7, 11) is 0. The Balaban J connectivity index is 1.98. The third kappa shape index (κ3) is 14.2. The Labute approximate surface area is 175 Å². The van der Waals surface area contributed by atoms with Crippen molar-refractivity contribution in [1.29, 1.82) is 0 Å². The maximum atomic E-state index is 11.8. The number of nitrogens with one attached hydrogen (secondary N) is 1. The van der Waals surface area contributed by atoms with E-state index < -0.39 is 6.10 Å². The summed E-state index contributed by atoms with van der Waals surface area (Å²) in [6.07, 6.45) is 16.7. The second-order valence-corrected chi connectivity index (χ2v) is 7.10. The van der Waals surface area contributed by atoms with E-state index in [0.29, 0.717) is 25.8 Å². The SMILES string of the molecule is CC[C@@H](O)/C=C/C=C/C=C/C(=O)CCCCCCCC(=O)NCc1ccccc1. The fourth-order valence-electron chi connectivity index (χ4n) is 2.70. The molecular formula is C25H35NO3. The van der Waals surface area contributed by atoms with Gasteiger partial charge in [-0.1, -0.05) is 86.9 Å². The van der Waals surface area contributed by atoms with E-state index in [1.807, 2.05) is 37.3 Å². The van der Waals surface area contributed by atoms with Crippen LogP contribution in [-0.4, -0.2) is 22.9 Å². The minimum atomic E-state index is -0.408. The molecule has 1 rings (SSSR count). The van der Waals surface area contributed by atoms with Gasteiger partial charge in [0.05, 0.1) is 6.10 Å². The first-order valence-electron chi connectivity index (χ1n) is 10.6. The minimum absolute atomic E-state index is 0.0984. The molecule has 0 spiro atoms. The van der Waals surface area contributed by atoms with Gasteiger partial charge >= 0.3 is 0 Å². The van der Waals surface area contributed by atoms with Gasteiger partial charge in [0.25, 0.3) is 0 Å². The van der Waals surface area contributed by atoms with Gasteiger partial charge in [-0.25, -0.2) is 0 Å².